The maximum Gasteiger partial charge on any atom is 0.311 e. The summed E-state index contributed by atoms with van der Waals surface area (Å²) in [6.45, 7) is 0. The van der Waals surface area contributed by atoms with Gasteiger partial charge in [0.05, 0.1) is 13.5 Å². The lowest BCUT2D eigenvalue weighted by Crippen LogP contribution is -2.26. The minimum absolute atomic E-state index is 0.208. The van der Waals surface area contributed by atoms with Gasteiger partial charge in [-0.2, -0.15) is 0 Å². The van der Waals surface area contributed by atoms with Gasteiger partial charge in [0.15, 0.2) is 0 Å². The Hall–Kier alpha value is -3.67. The van der Waals surface area contributed by atoms with Gasteiger partial charge in [-0.3, -0.25) is 9.59 Å². The van der Waals surface area contributed by atoms with Crippen LogP contribution in [0.1, 0.15) is 17.2 Å². The first-order chi connectivity index (χ1) is 14.1. The summed E-state index contributed by atoms with van der Waals surface area (Å²) in [5.41, 5.74) is 1.25. The molecule has 0 aliphatic heterocycles. The molecule has 0 heterocycles. The van der Waals surface area contributed by atoms with Gasteiger partial charge < -0.3 is 14.8 Å². The van der Waals surface area contributed by atoms with Crippen molar-refractivity contribution >= 4 is 17.6 Å². The third-order valence-electron chi connectivity index (χ3n) is 4.24. The molecule has 0 aliphatic carbocycles. The SMILES string of the molecule is COc1ccc(NC(=O)C(OC(=O)Cc2ccccc2F)c2ccccc2)cc1. The van der Waals surface area contributed by atoms with Crippen LogP contribution < -0.4 is 10.1 Å². The summed E-state index contributed by atoms with van der Waals surface area (Å²) in [4.78, 5) is 25.2. The van der Waals surface area contributed by atoms with Crippen LogP contribution in [-0.2, 0) is 20.7 Å². The second kappa shape index (κ2) is 9.50. The van der Waals surface area contributed by atoms with Crippen LogP contribution in [0.15, 0.2) is 78.9 Å². The van der Waals surface area contributed by atoms with Crippen molar-refractivity contribution in [3.05, 3.63) is 95.8 Å². The van der Waals surface area contributed by atoms with Gasteiger partial charge in [0.1, 0.15) is 11.6 Å². The Labute approximate surface area is 168 Å². The van der Waals surface area contributed by atoms with E-state index >= 15 is 0 Å². The smallest absolute Gasteiger partial charge is 0.311 e. The topological polar surface area (TPSA) is 64.6 Å². The van der Waals surface area contributed by atoms with Crippen molar-refractivity contribution in [2.45, 2.75) is 12.5 Å². The van der Waals surface area contributed by atoms with E-state index in [1.807, 2.05) is 0 Å². The Balaban J connectivity index is 1.76. The second-order valence-corrected chi connectivity index (χ2v) is 6.27. The van der Waals surface area contributed by atoms with Crippen molar-refractivity contribution < 1.29 is 23.5 Å². The summed E-state index contributed by atoms with van der Waals surface area (Å²) in [6.07, 6.45) is -1.44. The van der Waals surface area contributed by atoms with Gasteiger partial charge in [-0.1, -0.05) is 48.5 Å². The number of amides is 1. The molecule has 1 atom stereocenters. The minimum Gasteiger partial charge on any atom is -0.497 e. The zero-order chi connectivity index (χ0) is 20.6. The first kappa shape index (κ1) is 20.1. The number of hydrogen-bond donors (Lipinski definition) is 1. The molecular weight excluding hydrogens is 373 g/mol. The molecule has 6 heteroatoms. The standard InChI is InChI=1S/C23H20FNO4/c1-28-19-13-11-18(12-14-19)25-23(27)22(16-7-3-2-4-8-16)29-21(26)15-17-9-5-6-10-20(17)24/h2-14,22H,15H2,1H3,(H,25,27). The van der Waals surface area contributed by atoms with Crippen molar-refractivity contribution in [2.75, 3.05) is 12.4 Å². The maximum atomic E-state index is 13.8. The van der Waals surface area contributed by atoms with E-state index in [0.717, 1.165) is 0 Å². The summed E-state index contributed by atoms with van der Waals surface area (Å²) in [6, 6.07) is 21.4. The van der Waals surface area contributed by atoms with Crippen LogP contribution in [0.4, 0.5) is 10.1 Å². The fraction of sp³-hybridized carbons (Fsp3) is 0.130. The number of anilines is 1. The van der Waals surface area contributed by atoms with Crippen LogP contribution in [0, 0.1) is 5.82 Å². The molecular formula is C23H20FNO4. The Morgan fingerprint density at radius 2 is 1.59 bits per heavy atom. The molecule has 1 unspecified atom stereocenters. The van der Waals surface area contributed by atoms with Gasteiger partial charge in [0, 0.05) is 11.3 Å². The molecule has 3 rings (SSSR count). The molecule has 0 aromatic heterocycles. The summed E-state index contributed by atoms with van der Waals surface area (Å²) < 4.78 is 24.4. The predicted molar refractivity (Wildman–Crippen MR) is 107 cm³/mol. The zero-order valence-corrected chi connectivity index (χ0v) is 15.8. The molecule has 148 valence electrons. The van der Waals surface area contributed by atoms with Gasteiger partial charge in [-0.05, 0) is 35.9 Å². The molecule has 0 fully saturated rings. The monoisotopic (exact) mass is 393 g/mol. The summed E-state index contributed by atoms with van der Waals surface area (Å²) in [5, 5.41) is 2.73. The highest BCUT2D eigenvalue weighted by atomic mass is 19.1. The largest absolute Gasteiger partial charge is 0.497 e. The molecule has 0 spiro atoms. The number of nitrogens with one attached hydrogen (secondary N) is 1. The van der Waals surface area contributed by atoms with E-state index in [2.05, 4.69) is 5.32 Å². The van der Waals surface area contributed by atoms with Gasteiger partial charge in [0.2, 0.25) is 6.10 Å². The third kappa shape index (κ3) is 5.42. The van der Waals surface area contributed by atoms with Crippen LogP contribution in [0.5, 0.6) is 5.75 Å². The molecule has 29 heavy (non-hydrogen) atoms. The molecule has 1 N–H and O–H groups in total. The van der Waals surface area contributed by atoms with Crippen LogP contribution in [0.25, 0.3) is 0 Å². The fourth-order valence-corrected chi connectivity index (χ4v) is 2.75. The van der Waals surface area contributed by atoms with E-state index in [1.165, 1.54) is 12.1 Å². The van der Waals surface area contributed by atoms with Crippen molar-refractivity contribution in [3.63, 3.8) is 0 Å². The lowest BCUT2D eigenvalue weighted by Gasteiger charge is -2.18. The zero-order valence-electron chi connectivity index (χ0n) is 15.8. The van der Waals surface area contributed by atoms with Crippen LogP contribution in [0.2, 0.25) is 0 Å². The quantitative estimate of drug-likeness (QED) is 0.608. The molecule has 0 saturated heterocycles. The van der Waals surface area contributed by atoms with E-state index in [4.69, 9.17) is 9.47 Å². The highest BCUT2D eigenvalue weighted by Gasteiger charge is 2.25. The summed E-state index contributed by atoms with van der Waals surface area (Å²) in [5.74, 6) is -1.06. The molecule has 3 aromatic carbocycles. The highest BCUT2D eigenvalue weighted by Crippen LogP contribution is 2.22. The molecule has 0 aliphatic rings. The van der Waals surface area contributed by atoms with Crippen LogP contribution in [0.3, 0.4) is 0 Å². The summed E-state index contributed by atoms with van der Waals surface area (Å²) in [7, 11) is 1.55. The Kier molecular flexibility index (Phi) is 6.58. The molecule has 5 nitrogen and oxygen atoms in total. The molecule has 0 radical (unpaired) electrons. The first-order valence-corrected chi connectivity index (χ1v) is 8.99. The average molecular weight is 393 g/mol. The first-order valence-electron chi connectivity index (χ1n) is 8.99. The molecule has 1 amide bonds. The number of hydrogen-bond acceptors (Lipinski definition) is 4. The van der Waals surface area contributed by atoms with Crippen molar-refractivity contribution in [3.8, 4) is 5.75 Å². The van der Waals surface area contributed by atoms with E-state index in [1.54, 1.807) is 73.8 Å². The third-order valence-corrected chi connectivity index (χ3v) is 4.24. The number of esters is 1. The highest BCUT2D eigenvalue weighted by molar-refractivity contribution is 5.96. The number of benzene rings is 3. The number of carbonyl (C=O) groups excluding carboxylic acids is 2. The Morgan fingerprint density at radius 1 is 0.931 bits per heavy atom. The van der Waals surface area contributed by atoms with Crippen molar-refractivity contribution in [1.29, 1.82) is 0 Å². The number of halogens is 1. The lowest BCUT2D eigenvalue weighted by atomic mass is 10.1. The van der Waals surface area contributed by atoms with Crippen molar-refractivity contribution in [1.82, 2.24) is 0 Å². The summed E-state index contributed by atoms with van der Waals surface area (Å²) >= 11 is 0. The minimum atomic E-state index is -1.17. The van der Waals surface area contributed by atoms with Crippen LogP contribution in [-0.4, -0.2) is 19.0 Å². The van der Waals surface area contributed by atoms with Gasteiger partial charge >= 0.3 is 5.97 Å². The van der Waals surface area contributed by atoms with Crippen molar-refractivity contribution in [2.24, 2.45) is 0 Å². The second-order valence-electron chi connectivity index (χ2n) is 6.27. The van der Waals surface area contributed by atoms with E-state index in [0.29, 0.717) is 17.0 Å². The number of rotatable bonds is 7. The van der Waals surface area contributed by atoms with Gasteiger partial charge in [-0.15, -0.1) is 0 Å². The Morgan fingerprint density at radius 3 is 2.24 bits per heavy atom. The lowest BCUT2D eigenvalue weighted by molar-refractivity contribution is -0.154. The molecule has 3 aromatic rings. The van der Waals surface area contributed by atoms with Gasteiger partial charge in [0.25, 0.3) is 5.91 Å². The molecule has 0 saturated carbocycles. The average Bonchev–Trinajstić information content (AvgIpc) is 2.75. The normalized spacial score (nSPS) is 11.4. The number of methoxy groups -OCH3 is 1. The van der Waals surface area contributed by atoms with E-state index in [9.17, 15) is 14.0 Å². The fourth-order valence-electron chi connectivity index (χ4n) is 2.75. The van der Waals surface area contributed by atoms with E-state index in [-0.39, 0.29) is 12.0 Å². The Bertz CT molecular complexity index is 974. The van der Waals surface area contributed by atoms with Crippen LogP contribution >= 0.6 is 0 Å². The molecule has 0 bridgehead atoms. The number of ether oxygens (including phenoxy) is 2. The van der Waals surface area contributed by atoms with E-state index < -0.39 is 23.8 Å². The predicted octanol–water partition coefficient (Wildman–Crippen LogP) is 4.30. The number of carbonyl (C=O) groups is 2. The maximum absolute atomic E-state index is 13.8. The van der Waals surface area contributed by atoms with Gasteiger partial charge in [-0.25, -0.2) is 4.39 Å².